The van der Waals surface area contributed by atoms with Gasteiger partial charge in [-0.15, -0.1) is 0 Å². The lowest BCUT2D eigenvalue weighted by atomic mass is 10.2. The molecule has 24 heavy (non-hydrogen) atoms. The highest BCUT2D eigenvalue weighted by atomic mass is 16.2. The summed E-state index contributed by atoms with van der Waals surface area (Å²) in [6, 6.07) is 7.07. The lowest BCUT2D eigenvalue weighted by Crippen LogP contribution is -2.67. The maximum absolute atomic E-state index is 11.7. The molecule has 0 saturated carbocycles. The standard InChI is InChI=1S/C14H15N7O3/c22-11(7-16-12-13(23)18-14(24)21-20-12)19-17-6-8-5-15-10-4-2-1-3-9(8)10/h1-6,12,15-16,20H,7H2,(H,19,22)(H2,18,21,23,24)/t12-/m1/s1. The summed E-state index contributed by atoms with van der Waals surface area (Å²) in [5, 5.41) is 9.56. The summed E-state index contributed by atoms with van der Waals surface area (Å²) in [6.45, 7) is -0.161. The number of aromatic amines is 1. The number of nitrogens with zero attached hydrogens (tertiary/aromatic N) is 1. The van der Waals surface area contributed by atoms with E-state index in [4.69, 9.17) is 0 Å². The fraction of sp³-hybridized carbons (Fsp3) is 0.143. The first kappa shape index (κ1) is 15.6. The van der Waals surface area contributed by atoms with Crippen molar-refractivity contribution in [2.45, 2.75) is 6.17 Å². The van der Waals surface area contributed by atoms with Crippen LogP contribution in [0.4, 0.5) is 4.79 Å². The highest BCUT2D eigenvalue weighted by molar-refractivity contribution is 6.00. The molecule has 1 aliphatic rings. The molecule has 10 heteroatoms. The molecule has 0 bridgehead atoms. The van der Waals surface area contributed by atoms with Crippen LogP contribution >= 0.6 is 0 Å². The van der Waals surface area contributed by atoms with Crippen molar-refractivity contribution in [1.82, 2.24) is 31.9 Å². The number of benzene rings is 1. The van der Waals surface area contributed by atoms with E-state index in [0.717, 1.165) is 16.5 Å². The molecule has 1 atom stereocenters. The van der Waals surface area contributed by atoms with Crippen molar-refractivity contribution in [2.75, 3.05) is 6.54 Å². The largest absolute Gasteiger partial charge is 0.361 e. The zero-order valence-corrected chi connectivity index (χ0v) is 12.4. The molecule has 0 aliphatic carbocycles. The lowest BCUT2D eigenvalue weighted by Gasteiger charge is -2.23. The van der Waals surface area contributed by atoms with Gasteiger partial charge in [-0.3, -0.25) is 25.6 Å². The predicted octanol–water partition coefficient (Wildman–Crippen LogP) is -1.12. The Morgan fingerprint density at radius 3 is 2.96 bits per heavy atom. The van der Waals surface area contributed by atoms with Crippen molar-refractivity contribution in [1.29, 1.82) is 0 Å². The molecule has 10 nitrogen and oxygen atoms in total. The van der Waals surface area contributed by atoms with Crippen LogP contribution in [-0.2, 0) is 9.59 Å². The van der Waals surface area contributed by atoms with E-state index in [0.29, 0.717) is 0 Å². The third kappa shape index (κ3) is 3.56. The summed E-state index contributed by atoms with van der Waals surface area (Å²) < 4.78 is 0. The van der Waals surface area contributed by atoms with Crippen molar-refractivity contribution in [3.63, 3.8) is 0 Å². The number of carbonyl (C=O) groups is 3. The summed E-state index contributed by atoms with van der Waals surface area (Å²) in [5.74, 6) is -1.01. The van der Waals surface area contributed by atoms with Gasteiger partial charge in [-0.05, 0) is 6.07 Å². The molecule has 4 amide bonds. The number of fused-ring (bicyclic) bond motifs is 1. The SMILES string of the molecule is O=C(CN[C@@H]1NNC(=O)NC1=O)NN=Cc1c[nH]c2ccccc12. The fourth-order valence-electron chi connectivity index (χ4n) is 2.17. The number of hydrogen-bond acceptors (Lipinski definition) is 6. The maximum atomic E-state index is 11.7. The Kier molecular flexibility index (Phi) is 4.50. The molecule has 1 fully saturated rings. The Morgan fingerprint density at radius 2 is 2.12 bits per heavy atom. The highest BCUT2D eigenvalue weighted by Gasteiger charge is 2.25. The molecule has 2 aromatic rings. The molecular formula is C14H15N7O3. The summed E-state index contributed by atoms with van der Waals surface area (Å²) >= 11 is 0. The van der Waals surface area contributed by atoms with Gasteiger partial charge in [0.1, 0.15) is 0 Å². The number of aromatic nitrogens is 1. The molecule has 1 aromatic heterocycles. The number of imide groups is 1. The number of hydrogen-bond donors (Lipinski definition) is 6. The number of hydrazine groups is 1. The van der Waals surface area contributed by atoms with Gasteiger partial charge in [0.05, 0.1) is 12.8 Å². The molecule has 124 valence electrons. The lowest BCUT2D eigenvalue weighted by molar-refractivity contribution is -0.124. The van der Waals surface area contributed by atoms with Crippen LogP contribution in [0, 0.1) is 0 Å². The fourth-order valence-corrected chi connectivity index (χ4v) is 2.17. The molecule has 1 saturated heterocycles. The van der Waals surface area contributed by atoms with Crippen LogP contribution in [0.1, 0.15) is 5.56 Å². The van der Waals surface area contributed by atoms with Crippen molar-refractivity contribution in [3.05, 3.63) is 36.0 Å². The third-order valence-corrected chi connectivity index (χ3v) is 3.31. The van der Waals surface area contributed by atoms with Gasteiger partial charge in [-0.2, -0.15) is 5.10 Å². The number of urea groups is 1. The Labute approximate surface area is 136 Å². The number of hydrazone groups is 1. The van der Waals surface area contributed by atoms with Gasteiger partial charge in [0.15, 0.2) is 6.17 Å². The Morgan fingerprint density at radius 1 is 1.29 bits per heavy atom. The molecule has 6 N–H and O–H groups in total. The number of carbonyl (C=O) groups excluding carboxylic acids is 3. The number of nitrogens with one attached hydrogen (secondary N) is 6. The van der Waals surface area contributed by atoms with E-state index in [1.54, 1.807) is 6.20 Å². The Bertz CT molecular complexity index is 814. The van der Waals surface area contributed by atoms with E-state index in [1.165, 1.54) is 6.21 Å². The highest BCUT2D eigenvalue weighted by Crippen LogP contribution is 2.15. The number of para-hydroxylation sites is 1. The number of H-pyrrole nitrogens is 1. The van der Waals surface area contributed by atoms with Crippen LogP contribution in [-0.4, -0.2) is 41.8 Å². The van der Waals surface area contributed by atoms with Crippen molar-refractivity contribution in [2.24, 2.45) is 5.10 Å². The Hall–Kier alpha value is -3.24. The van der Waals surface area contributed by atoms with Crippen LogP contribution < -0.4 is 26.9 Å². The Balaban J connectivity index is 1.49. The van der Waals surface area contributed by atoms with Crippen LogP contribution in [0.15, 0.2) is 35.6 Å². The molecule has 2 heterocycles. The minimum Gasteiger partial charge on any atom is -0.361 e. The average molecular weight is 329 g/mol. The van der Waals surface area contributed by atoms with Gasteiger partial charge in [-0.25, -0.2) is 15.6 Å². The normalized spacial score (nSPS) is 17.8. The summed E-state index contributed by atoms with van der Waals surface area (Å²) in [6.07, 6.45) is 2.42. The summed E-state index contributed by atoms with van der Waals surface area (Å²) in [7, 11) is 0. The van der Waals surface area contributed by atoms with Crippen LogP contribution in [0.5, 0.6) is 0 Å². The third-order valence-electron chi connectivity index (χ3n) is 3.31. The van der Waals surface area contributed by atoms with E-state index in [1.807, 2.05) is 24.3 Å². The quantitative estimate of drug-likeness (QED) is 0.304. The van der Waals surface area contributed by atoms with Crippen molar-refractivity contribution in [3.8, 4) is 0 Å². The van der Waals surface area contributed by atoms with Gasteiger partial charge in [0.2, 0.25) is 0 Å². The van der Waals surface area contributed by atoms with E-state index < -0.39 is 24.0 Å². The van der Waals surface area contributed by atoms with Gasteiger partial charge < -0.3 is 4.98 Å². The molecule has 3 rings (SSSR count). The van der Waals surface area contributed by atoms with Crippen LogP contribution in [0.2, 0.25) is 0 Å². The van der Waals surface area contributed by atoms with Crippen molar-refractivity contribution >= 4 is 35.0 Å². The first-order valence-electron chi connectivity index (χ1n) is 7.11. The molecule has 1 aromatic carbocycles. The second-order valence-corrected chi connectivity index (χ2v) is 4.98. The van der Waals surface area contributed by atoms with Crippen LogP contribution in [0.3, 0.4) is 0 Å². The van der Waals surface area contributed by atoms with Gasteiger partial charge in [0, 0.05) is 22.7 Å². The second kappa shape index (κ2) is 6.89. The first-order chi connectivity index (χ1) is 11.6. The molecule has 1 aliphatic heterocycles. The summed E-state index contributed by atoms with van der Waals surface area (Å²) in [5.41, 5.74) is 8.82. The minimum atomic E-state index is -0.897. The van der Waals surface area contributed by atoms with Gasteiger partial charge in [-0.1, -0.05) is 18.2 Å². The molecule has 0 spiro atoms. The van der Waals surface area contributed by atoms with Gasteiger partial charge >= 0.3 is 6.03 Å². The second-order valence-electron chi connectivity index (χ2n) is 4.98. The monoisotopic (exact) mass is 329 g/mol. The molecule has 0 radical (unpaired) electrons. The van der Waals surface area contributed by atoms with E-state index in [2.05, 4.69) is 37.0 Å². The molecular weight excluding hydrogens is 314 g/mol. The summed E-state index contributed by atoms with van der Waals surface area (Å²) in [4.78, 5) is 37.1. The smallest absolute Gasteiger partial charge is 0.335 e. The molecule has 0 unspecified atom stereocenters. The minimum absolute atomic E-state index is 0.161. The zero-order valence-electron chi connectivity index (χ0n) is 12.4. The van der Waals surface area contributed by atoms with Crippen LogP contribution in [0.25, 0.3) is 10.9 Å². The number of amides is 4. The zero-order chi connectivity index (χ0) is 16.9. The average Bonchev–Trinajstić information content (AvgIpc) is 2.97. The maximum Gasteiger partial charge on any atom is 0.335 e. The first-order valence-corrected chi connectivity index (χ1v) is 7.11. The van der Waals surface area contributed by atoms with E-state index in [-0.39, 0.29) is 6.54 Å². The predicted molar refractivity (Wildman–Crippen MR) is 85.6 cm³/mol. The van der Waals surface area contributed by atoms with Crippen molar-refractivity contribution < 1.29 is 14.4 Å². The number of rotatable bonds is 5. The van der Waals surface area contributed by atoms with E-state index in [9.17, 15) is 14.4 Å². The van der Waals surface area contributed by atoms with E-state index >= 15 is 0 Å². The topological polar surface area (TPSA) is 140 Å². The van der Waals surface area contributed by atoms with Gasteiger partial charge in [0.25, 0.3) is 11.8 Å².